The van der Waals surface area contributed by atoms with Gasteiger partial charge in [-0.2, -0.15) is 4.98 Å². The fraction of sp³-hybridized carbons (Fsp3) is 0.200. The molecule has 260 valence electrons. The number of fused-ring (bicyclic) bond motifs is 6. The van der Waals surface area contributed by atoms with Gasteiger partial charge in [-0.1, -0.05) is 115 Å². The lowest BCUT2D eigenvalue weighted by atomic mass is 9.48. The average molecular weight is 697 g/mol. The molecule has 3 aromatic heterocycles. The van der Waals surface area contributed by atoms with Gasteiger partial charge in [-0.3, -0.25) is 9.13 Å². The van der Waals surface area contributed by atoms with Crippen molar-refractivity contribution in [1.82, 2.24) is 19.1 Å². The molecule has 4 aliphatic rings. The summed E-state index contributed by atoms with van der Waals surface area (Å²) in [6.45, 7) is 0. The second-order valence-electron chi connectivity index (χ2n) is 16.5. The summed E-state index contributed by atoms with van der Waals surface area (Å²) in [6.07, 6.45) is 8.37. The maximum Gasteiger partial charge on any atom is 0.237 e. The zero-order valence-electron chi connectivity index (χ0n) is 30.2. The number of para-hydroxylation sites is 4. The van der Waals surface area contributed by atoms with Gasteiger partial charge in [-0.25, -0.2) is 4.98 Å². The summed E-state index contributed by atoms with van der Waals surface area (Å²) in [5, 5.41) is 4.84. The summed E-state index contributed by atoms with van der Waals surface area (Å²) in [6, 6.07) is 55.3. The molecule has 3 heterocycles. The Kier molecular flexibility index (Phi) is 6.49. The van der Waals surface area contributed by atoms with Crippen LogP contribution in [0.1, 0.15) is 44.1 Å². The lowest BCUT2D eigenvalue weighted by molar-refractivity contribution is -0.00516. The van der Waals surface area contributed by atoms with Crippen molar-refractivity contribution in [1.29, 1.82) is 0 Å². The van der Waals surface area contributed by atoms with Crippen molar-refractivity contribution in [2.24, 2.45) is 17.8 Å². The number of rotatable bonds is 5. The minimum Gasteiger partial charge on any atom is -0.294 e. The predicted molar refractivity (Wildman–Crippen MR) is 221 cm³/mol. The molecule has 0 radical (unpaired) electrons. The molecule has 4 heteroatoms. The van der Waals surface area contributed by atoms with Crippen molar-refractivity contribution in [3.63, 3.8) is 0 Å². The average Bonchev–Trinajstić information content (AvgIpc) is 3.74. The number of nitrogens with zero attached hydrogens (tertiary/aromatic N) is 4. The van der Waals surface area contributed by atoms with E-state index in [2.05, 4.69) is 161 Å². The molecule has 9 aromatic rings. The van der Waals surface area contributed by atoms with E-state index in [4.69, 9.17) is 9.97 Å². The summed E-state index contributed by atoms with van der Waals surface area (Å²) in [5.41, 5.74) is 10.9. The molecule has 4 bridgehead atoms. The Morgan fingerprint density at radius 3 is 1.46 bits per heavy atom. The van der Waals surface area contributed by atoms with Gasteiger partial charge in [-0.15, -0.1) is 0 Å². The first-order valence-corrected chi connectivity index (χ1v) is 19.8. The Hall–Kier alpha value is -6.00. The Balaban J connectivity index is 1.15. The van der Waals surface area contributed by atoms with E-state index < -0.39 is 0 Å². The summed E-state index contributed by atoms with van der Waals surface area (Å²) >= 11 is 0. The van der Waals surface area contributed by atoms with Crippen LogP contribution in [0.15, 0.2) is 152 Å². The molecule has 6 aromatic carbocycles. The SMILES string of the molecule is c1ccc(-c2cc(C34CC5CC(CC(C5)C3)C4)ccc2-c2cc(-n3c4ccccc4c4ccccc43)nc(-n3c4ccccc4c4ccccc43)n2)cc1. The molecule has 0 spiro atoms. The second-order valence-corrected chi connectivity index (χ2v) is 16.5. The Morgan fingerprint density at radius 2 is 0.926 bits per heavy atom. The van der Waals surface area contributed by atoms with Crippen LogP contribution in [0.2, 0.25) is 0 Å². The van der Waals surface area contributed by atoms with E-state index in [-0.39, 0.29) is 0 Å². The van der Waals surface area contributed by atoms with E-state index in [1.807, 2.05) is 0 Å². The summed E-state index contributed by atoms with van der Waals surface area (Å²) < 4.78 is 4.59. The van der Waals surface area contributed by atoms with Crippen molar-refractivity contribution >= 4 is 43.6 Å². The van der Waals surface area contributed by atoms with E-state index in [9.17, 15) is 0 Å². The van der Waals surface area contributed by atoms with Crippen molar-refractivity contribution < 1.29 is 0 Å². The van der Waals surface area contributed by atoms with Gasteiger partial charge < -0.3 is 0 Å². The standard InChI is InChI=1S/C50H40N4/c1-2-12-35(13-3-1)42-27-36(50-29-32-24-33(30-50)26-34(25-32)31-50)22-23-37(42)43-28-48(53-44-18-8-4-14-38(44)39-15-5-9-19-45(39)53)52-49(51-43)54-46-20-10-6-16-40(46)41-17-7-11-21-47(41)54/h1-23,27-28,32-34H,24-26,29-31H2. The molecule has 0 saturated heterocycles. The molecule has 4 fully saturated rings. The first-order chi connectivity index (χ1) is 26.7. The topological polar surface area (TPSA) is 35.6 Å². The van der Waals surface area contributed by atoms with Crippen LogP contribution in [0.3, 0.4) is 0 Å². The van der Waals surface area contributed by atoms with Crippen LogP contribution in [0.4, 0.5) is 0 Å². The number of benzene rings is 6. The molecular formula is C50H40N4. The van der Waals surface area contributed by atoms with Crippen LogP contribution < -0.4 is 0 Å². The van der Waals surface area contributed by atoms with Crippen molar-refractivity contribution in [2.45, 2.75) is 43.9 Å². The maximum atomic E-state index is 5.56. The van der Waals surface area contributed by atoms with Gasteiger partial charge in [0, 0.05) is 33.2 Å². The lowest BCUT2D eigenvalue weighted by Gasteiger charge is -2.57. The highest BCUT2D eigenvalue weighted by molar-refractivity contribution is 6.10. The highest BCUT2D eigenvalue weighted by atomic mass is 15.2. The van der Waals surface area contributed by atoms with Crippen LogP contribution in [0, 0.1) is 17.8 Å². The van der Waals surface area contributed by atoms with Crippen LogP contribution in [-0.4, -0.2) is 19.1 Å². The van der Waals surface area contributed by atoms with E-state index in [1.165, 1.54) is 76.8 Å². The molecule has 0 aliphatic heterocycles. The highest BCUT2D eigenvalue weighted by Gasteiger charge is 2.51. The highest BCUT2D eigenvalue weighted by Crippen LogP contribution is 2.61. The molecule has 13 rings (SSSR count). The molecule has 0 atom stereocenters. The Bertz CT molecular complexity index is 2660. The zero-order chi connectivity index (χ0) is 35.4. The minimum absolute atomic E-state index is 0.296. The third-order valence-corrected chi connectivity index (χ3v) is 13.3. The third-order valence-electron chi connectivity index (χ3n) is 13.3. The van der Waals surface area contributed by atoms with Gasteiger partial charge >= 0.3 is 0 Å². The predicted octanol–water partition coefficient (Wildman–Crippen LogP) is 12.5. The van der Waals surface area contributed by atoms with E-state index >= 15 is 0 Å². The van der Waals surface area contributed by atoms with Gasteiger partial charge in [0.05, 0.1) is 27.8 Å². The van der Waals surface area contributed by atoms with Gasteiger partial charge in [0.2, 0.25) is 5.95 Å². The van der Waals surface area contributed by atoms with E-state index in [0.29, 0.717) is 11.4 Å². The molecule has 0 N–H and O–H groups in total. The second kappa shape index (κ2) is 11.5. The van der Waals surface area contributed by atoms with Gasteiger partial charge in [0.15, 0.2) is 0 Å². The summed E-state index contributed by atoms with van der Waals surface area (Å²) in [7, 11) is 0. The van der Waals surface area contributed by atoms with Crippen LogP contribution >= 0.6 is 0 Å². The van der Waals surface area contributed by atoms with Crippen molar-refractivity contribution in [3.05, 3.63) is 157 Å². The summed E-state index contributed by atoms with van der Waals surface area (Å²) in [4.78, 5) is 11.1. The lowest BCUT2D eigenvalue weighted by Crippen LogP contribution is -2.48. The molecule has 4 nitrogen and oxygen atoms in total. The molecular weight excluding hydrogens is 657 g/mol. The molecule has 0 amide bonds. The Morgan fingerprint density at radius 1 is 0.444 bits per heavy atom. The number of hydrogen-bond donors (Lipinski definition) is 0. The van der Waals surface area contributed by atoms with E-state index in [0.717, 1.165) is 56.9 Å². The largest absolute Gasteiger partial charge is 0.294 e. The van der Waals surface area contributed by atoms with Gasteiger partial charge in [0.1, 0.15) is 5.82 Å². The molecule has 0 unspecified atom stereocenters. The summed E-state index contributed by atoms with van der Waals surface area (Å²) in [5.74, 6) is 4.20. The molecule has 4 aliphatic carbocycles. The number of aromatic nitrogens is 4. The van der Waals surface area contributed by atoms with Crippen LogP contribution in [-0.2, 0) is 5.41 Å². The molecule has 54 heavy (non-hydrogen) atoms. The maximum absolute atomic E-state index is 5.56. The fourth-order valence-electron chi connectivity index (χ4n) is 11.5. The minimum atomic E-state index is 0.296. The first kappa shape index (κ1) is 30.5. The zero-order valence-corrected chi connectivity index (χ0v) is 30.2. The molecule has 4 saturated carbocycles. The third kappa shape index (κ3) is 4.49. The first-order valence-electron chi connectivity index (χ1n) is 19.8. The quantitative estimate of drug-likeness (QED) is 0.180. The van der Waals surface area contributed by atoms with Gasteiger partial charge in [0.25, 0.3) is 0 Å². The van der Waals surface area contributed by atoms with Gasteiger partial charge in [-0.05, 0) is 109 Å². The fourth-order valence-corrected chi connectivity index (χ4v) is 11.5. The van der Waals surface area contributed by atoms with Crippen LogP contribution in [0.25, 0.3) is 77.8 Å². The van der Waals surface area contributed by atoms with E-state index in [1.54, 1.807) is 0 Å². The van der Waals surface area contributed by atoms with Crippen molar-refractivity contribution in [2.75, 3.05) is 0 Å². The smallest absolute Gasteiger partial charge is 0.237 e. The monoisotopic (exact) mass is 696 g/mol. The Labute approximate surface area is 314 Å². The van der Waals surface area contributed by atoms with Crippen LogP contribution in [0.5, 0.6) is 0 Å². The number of hydrogen-bond acceptors (Lipinski definition) is 2. The van der Waals surface area contributed by atoms with Crippen molar-refractivity contribution in [3.8, 4) is 34.2 Å². The normalized spacial score (nSPS) is 21.9.